The molecule has 0 aromatic heterocycles. The second kappa shape index (κ2) is 5.54. The zero-order chi connectivity index (χ0) is 11.3. The molecule has 1 aromatic rings. The number of ketones is 1. The minimum absolute atomic E-state index is 0.00542. The van der Waals surface area contributed by atoms with Gasteiger partial charge in [-0.1, -0.05) is 26.3 Å². The van der Waals surface area contributed by atoms with Gasteiger partial charge >= 0.3 is 0 Å². The molecule has 0 unspecified atom stereocenters. The number of aromatic hydroxyl groups is 1. The van der Waals surface area contributed by atoms with Gasteiger partial charge in [-0.25, -0.2) is 0 Å². The van der Waals surface area contributed by atoms with Crippen molar-refractivity contribution in [1.29, 1.82) is 0 Å². The summed E-state index contributed by atoms with van der Waals surface area (Å²) >= 11 is 0. The van der Waals surface area contributed by atoms with Crippen molar-refractivity contribution in [2.45, 2.75) is 39.5 Å². The highest BCUT2D eigenvalue weighted by molar-refractivity contribution is 5.98. The van der Waals surface area contributed by atoms with Crippen molar-refractivity contribution in [2.75, 3.05) is 0 Å². The van der Waals surface area contributed by atoms with Crippen molar-refractivity contribution in [1.82, 2.24) is 0 Å². The van der Waals surface area contributed by atoms with E-state index in [0.29, 0.717) is 12.0 Å². The number of carbonyl (C=O) groups excluding carboxylic acids is 1. The molecule has 1 rings (SSSR count). The van der Waals surface area contributed by atoms with Crippen molar-refractivity contribution in [3.05, 3.63) is 29.3 Å². The predicted molar refractivity (Wildman–Crippen MR) is 61.3 cm³/mol. The Morgan fingerprint density at radius 3 is 2.67 bits per heavy atom. The molecule has 0 spiro atoms. The molecule has 15 heavy (non-hydrogen) atoms. The van der Waals surface area contributed by atoms with E-state index >= 15 is 0 Å². The van der Waals surface area contributed by atoms with Crippen LogP contribution in [0.3, 0.4) is 0 Å². The lowest BCUT2D eigenvalue weighted by Gasteiger charge is -2.05. The summed E-state index contributed by atoms with van der Waals surface area (Å²) in [5.41, 5.74) is 1.59. The molecule has 0 bridgehead atoms. The summed E-state index contributed by atoms with van der Waals surface area (Å²) in [4.78, 5) is 11.5. The molecule has 0 radical (unpaired) electrons. The third-order valence-corrected chi connectivity index (χ3v) is 2.50. The largest absolute Gasteiger partial charge is 0.507 e. The number of aryl methyl sites for hydroxylation is 1. The van der Waals surface area contributed by atoms with E-state index in [1.165, 1.54) is 0 Å². The maximum absolute atomic E-state index is 11.5. The highest BCUT2D eigenvalue weighted by atomic mass is 16.3. The monoisotopic (exact) mass is 206 g/mol. The summed E-state index contributed by atoms with van der Waals surface area (Å²) in [5, 5.41) is 9.54. The Hall–Kier alpha value is -1.31. The Kier molecular flexibility index (Phi) is 4.35. The minimum Gasteiger partial charge on any atom is -0.507 e. The molecule has 0 aliphatic carbocycles. The van der Waals surface area contributed by atoms with Crippen LogP contribution in [0.15, 0.2) is 18.2 Å². The number of hydrogen-bond donors (Lipinski definition) is 1. The number of unbranched alkanes of at least 4 members (excludes halogenated alkanes) is 1. The topological polar surface area (TPSA) is 37.3 Å². The minimum atomic E-state index is 0.00542. The fraction of sp³-hybridized carbons (Fsp3) is 0.462. The maximum atomic E-state index is 11.5. The van der Waals surface area contributed by atoms with Gasteiger partial charge in [0.05, 0.1) is 5.56 Å². The van der Waals surface area contributed by atoms with E-state index in [1.807, 2.05) is 12.1 Å². The van der Waals surface area contributed by atoms with Gasteiger partial charge in [-0.3, -0.25) is 4.79 Å². The first-order valence-corrected chi connectivity index (χ1v) is 5.54. The molecule has 2 heteroatoms. The molecule has 2 nitrogen and oxygen atoms in total. The van der Waals surface area contributed by atoms with Crippen LogP contribution < -0.4 is 0 Å². The SMILES string of the molecule is CCCCc1ccc(O)c(C(=O)CC)c1. The van der Waals surface area contributed by atoms with Crippen LogP contribution in [0.25, 0.3) is 0 Å². The molecule has 1 aromatic carbocycles. The van der Waals surface area contributed by atoms with Crippen molar-refractivity contribution in [2.24, 2.45) is 0 Å². The van der Waals surface area contributed by atoms with E-state index in [0.717, 1.165) is 24.8 Å². The van der Waals surface area contributed by atoms with Crippen LogP contribution in [0.5, 0.6) is 5.75 Å². The van der Waals surface area contributed by atoms with Gasteiger partial charge in [0, 0.05) is 6.42 Å². The maximum Gasteiger partial charge on any atom is 0.166 e. The van der Waals surface area contributed by atoms with E-state index in [1.54, 1.807) is 13.0 Å². The Morgan fingerprint density at radius 2 is 2.07 bits per heavy atom. The molecule has 0 fully saturated rings. The van der Waals surface area contributed by atoms with Crippen LogP contribution in [0, 0.1) is 0 Å². The average molecular weight is 206 g/mol. The normalized spacial score (nSPS) is 10.3. The lowest BCUT2D eigenvalue weighted by molar-refractivity contribution is 0.0985. The molecule has 0 atom stereocenters. The van der Waals surface area contributed by atoms with Crippen LogP contribution in [-0.4, -0.2) is 10.9 Å². The van der Waals surface area contributed by atoms with Gasteiger partial charge in [0.1, 0.15) is 5.75 Å². The molecular formula is C13H18O2. The van der Waals surface area contributed by atoms with Crippen molar-refractivity contribution >= 4 is 5.78 Å². The molecule has 0 amide bonds. The van der Waals surface area contributed by atoms with E-state index in [-0.39, 0.29) is 11.5 Å². The Balaban J connectivity index is 2.89. The summed E-state index contributed by atoms with van der Waals surface area (Å²) in [5.74, 6) is 0.105. The molecule has 0 saturated carbocycles. The third-order valence-electron chi connectivity index (χ3n) is 2.50. The quantitative estimate of drug-likeness (QED) is 0.750. The first-order chi connectivity index (χ1) is 7.19. The first-order valence-electron chi connectivity index (χ1n) is 5.54. The highest BCUT2D eigenvalue weighted by Gasteiger charge is 2.09. The zero-order valence-corrected chi connectivity index (χ0v) is 9.42. The highest BCUT2D eigenvalue weighted by Crippen LogP contribution is 2.21. The van der Waals surface area contributed by atoms with Crippen molar-refractivity contribution in [3.8, 4) is 5.75 Å². The second-order valence-corrected chi connectivity index (χ2v) is 3.73. The first kappa shape index (κ1) is 11.8. The Labute approximate surface area is 90.9 Å². The molecule has 0 aliphatic heterocycles. The van der Waals surface area contributed by atoms with E-state index in [9.17, 15) is 9.90 Å². The van der Waals surface area contributed by atoms with Gasteiger partial charge in [-0.2, -0.15) is 0 Å². The standard InChI is InChI=1S/C13H18O2/c1-3-5-6-10-7-8-13(15)11(9-10)12(14)4-2/h7-9,15H,3-6H2,1-2H3. The molecule has 0 saturated heterocycles. The Bertz CT molecular complexity index is 342. The van der Waals surface area contributed by atoms with Crippen molar-refractivity contribution < 1.29 is 9.90 Å². The fourth-order valence-corrected chi connectivity index (χ4v) is 1.53. The van der Waals surface area contributed by atoms with Crippen LogP contribution in [0.2, 0.25) is 0 Å². The average Bonchev–Trinajstić information content (AvgIpc) is 2.27. The summed E-state index contributed by atoms with van der Waals surface area (Å²) in [6.07, 6.45) is 3.66. The number of carbonyl (C=O) groups is 1. The molecule has 1 N–H and O–H groups in total. The third kappa shape index (κ3) is 3.08. The van der Waals surface area contributed by atoms with Gasteiger partial charge in [-0.15, -0.1) is 0 Å². The van der Waals surface area contributed by atoms with E-state index in [4.69, 9.17) is 0 Å². The summed E-state index contributed by atoms with van der Waals surface area (Å²) in [6, 6.07) is 5.32. The van der Waals surface area contributed by atoms with Crippen LogP contribution in [0.1, 0.15) is 49.0 Å². The predicted octanol–water partition coefficient (Wildman–Crippen LogP) is 3.33. The molecule has 82 valence electrons. The number of rotatable bonds is 5. The number of hydrogen-bond acceptors (Lipinski definition) is 2. The number of phenols is 1. The lowest BCUT2D eigenvalue weighted by atomic mass is 10.0. The number of benzene rings is 1. The fourth-order valence-electron chi connectivity index (χ4n) is 1.53. The smallest absolute Gasteiger partial charge is 0.166 e. The van der Waals surface area contributed by atoms with Gasteiger partial charge in [0.25, 0.3) is 0 Å². The second-order valence-electron chi connectivity index (χ2n) is 3.73. The van der Waals surface area contributed by atoms with Gasteiger partial charge in [0.15, 0.2) is 5.78 Å². The van der Waals surface area contributed by atoms with Gasteiger partial charge < -0.3 is 5.11 Å². The zero-order valence-electron chi connectivity index (χ0n) is 9.42. The molecular weight excluding hydrogens is 188 g/mol. The lowest BCUT2D eigenvalue weighted by Crippen LogP contribution is -1.98. The van der Waals surface area contributed by atoms with Crippen molar-refractivity contribution in [3.63, 3.8) is 0 Å². The Morgan fingerprint density at radius 1 is 1.33 bits per heavy atom. The molecule has 0 aliphatic rings. The summed E-state index contributed by atoms with van der Waals surface area (Å²) in [6.45, 7) is 3.94. The summed E-state index contributed by atoms with van der Waals surface area (Å²) in [7, 11) is 0. The van der Waals surface area contributed by atoms with Crippen LogP contribution in [-0.2, 0) is 6.42 Å². The number of Topliss-reactive ketones (excluding diaryl/α,β-unsaturated/α-hetero) is 1. The number of phenolic OH excluding ortho intramolecular Hbond substituents is 1. The van der Waals surface area contributed by atoms with Crippen LogP contribution in [0.4, 0.5) is 0 Å². The van der Waals surface area contributed by atoms with E-state index in [2.05, 4.69) is 6.92 Å². The molecule has 0 heterocycles. The van der Waals surface area contributed by atoms with E-state index < -0.39 is 0 Å². The summed E-state index contributed by atoms with van der Waals surface area (Å²) < 4.78 is 0. The van der Waals surface area contributed by atoms with Gasteiger partial charge in [-0.05, 0) is 30.5 Å². The van der Waals surface area contributed by atoms with Gasteiger partial charge in [0.2, 0.25) is 0 Å². The van der Waals surface area contributed by atoms with Crippen LogP contribution >= 0.6 is 0 Å².